The Hall–Kier alpha value is -1.59. The molecule has 1 aromatic rings. The van der Waals surface area contributed by atoms with Gasteiger partial charge in [-0.25, -0.2) is 0 Å². The predicted octanol–water partition coefficient (Wildman–Crippen LogP) is 1.58. The van der Waals surface area contributed by atoms with Gasteiger partial charge in [0.15, 0.2) is 0 Å². The number of nitrogens with zero attached hydrogens (tertiary/aromatic N) is 2. The Morgan fingerprint density at radius 3 is 2.52 bits per heavy atom. The largest absolute Gasteiger partial charge is 0.495 e. The second kappa shape index (κ2) is 7.43. The molecule has 0 bridgehead atoms. The minimum absolute atomic E-state index is 0.0175. The maximum Gasteiger partial charge on any atom is 0.238 e. The van der Waals surface area contributed by atoms with E-state index in [1.807, 2.05) is 25.1 Å². The van der Waals surface area contributed by atoms with Gasteiger partial charge < -0.3 is 15.0 Å². The maximum atomic E-state index is 12.2. The lowest BCUT2D eigenvalue weighted by atomic mass is 10.2. The molecule has 1 saturated heterocycles. The van der Waals surface area contributed by atoms with E-state index < -0.39 is 0 Å². The van der Waals surface area contributed by atoms with Crippen molar-refractivity contribution in [2.75, 3.05) is 51.7 Å². The number of carbonyl (C=O) groups is 1. The van der Waals surface area contributed by atoms with E-state index in [1.54, 1.807) is 7.11 Å². The molecule has 1 aliphatic heterocycles. The highest BCUT2D eigenvalue weighted by atomic mass is 16.5. The summed E-state index contributed by atoms with van der Waals surface area (Å²) in [5, 5.41) is 2.96. The number of carbonyl (C=O) groups excluding carboxylic acids is 1. The van der Waals surface area contributed by atoms with Crippen molar-refractivity contribution >= 4 is 11.6 Å². The van der Waals surface area contributed by atoms with Crippen molar-refractivity contribution in [2.24, 2.45) is 0 Å². The zero-order valence-electron chi connectivity index (χ0n) is 13.2. The first kappa shape index (κ1) is 15.8. The molecular weight excluding hydrogens is 266 g/mol. The van der Waals surface area contributed by atoms with E-state index in [9.17, 15) is 4.79 Å². The van der Waals surface area contributed by atoms with Crippen LogP contribution in [0.25, 0.3) is 0 Å². The van der Waals surface area contributed by atoms with Crippen LogP contribution in [0.3, 0.4) is 0 Å². The second-order valence-corrected chi connectivity index (χ2v) is 5.46. The third-order valence-electron chi connectivity index (χ3n) is 3.91. The number of piperazine rings is 1. The lowest BCUT2D eigenvalue weighted by Crippen LogP contribution is -2.48. The van der Waals surface area contributed by atoms with Gasteiger partial charge in [0.25, 0.3) is 0 Å². The molecule has 0 unspecified atom stereocenters. The van der Waals surface area contributed by atoms with Crippen LogP contribution in [-0.4, -0.2) is 62.1 Å². The molecule has 1 aromatic carbocycles. The van der Waals surface area contributed by atoms with Crippen molar-refractivity contribution < 1.29 is 9.53 Å². The van der Waals surface area contributed by atoms with Crippen molar-refractivity contribution in [1.82, 2.24) is 9.80 Å². The highest BCUT2D eigenvalue weighted by molar-refractivity contribution is 5.93. The van der Waals surface area contributed by atoms with Crippen molar-refractivity contribution in [3.8, 4) is 5.75 Å². The molecular formula is C16H25N3O2. The van der Waals surface area contributed by atoms with Gasteiger partial charge in [-0.2, -0.15) is 0 Å². The van der Waals surface area contributed by atoms with Gasteiger partial charge in [-0.15, -0.1) is 0 Å². The summed E-state index contributed by atoms with van der Waals surface area (Å²) in [7, 11) is 1.62. The van der Waals surface area contributed by atoms with Crippen molar-refractivity contribution in [3.05, 3.63) is 23.8 Å². The maximum absolute atomic E-state index is 12.2. The molecule has 0 aromatic heterocycles. The lowest BCUT2D eigenvalue weighted by Gasteiger charge is -2.33. The number of aryl methyl sites for hydroxylation is 1. The molecule has 5 heteroatoms. The van der Waals surface area contributed by atoms with Crippen LogP contribution in [0.5, 0.6) is 5.75 Å². The first-order valence-electron chi connectivity index (χ1n) is 7.51. The summed E-state index contributed by atoms with van der Waals surface area (Å²) in [4.78, 5) is 16.8. The number of hydrogen-bond acceptors (Lipinski definition) is 4. The summed E-state index contributed by atoms with van der Waals surface area (Å²) in [6.45, 7) is 9.67. The van der Waals surface area contributed by atoms with Crippen molar-refractivity contribution in [3.63, 3.8) is 0 Å². The molecule has 5 nitrogen and oxygen atoms in total. The fraction of sp³-hybridized carbons (Fsp3) is 0.562. The number of hydrogen-bond donors (Lipinski definition) is 1. The summed E-state index contributed by atoms with van der Waals surface area (Å²) < 4.78 is 5.28. The van der Waals surface area contributed by atoms with Gasteiger partial charge in [-0.3, -0.25) is 9.69 Å². The summed E-state index contributed by atoms with van der Waals surface area (Å²) in [5.41, 5.74) is 1.84. The third-order valence-corrected chi connectivity index (χ3v) is 3.91. The van der Waals surface area contributed by atoms with Crippen LogP contribution in [0.15, 0.2) is 18.2 Å². The molecule has 1 amide bonds. The first-order valence-corrected chi connectivity index (χ1v) is 7.51. The number of ether oxygens (including phenoxy) is 1. The van der Waals surface area contributed by atoms with E-state index in [4.69, 9.17) is 4.74 Å². The molecule has 2 rings (SSSR count). The van der Waals surface area contributed by atoms with E-state index >= 15 is 0 Å². The Morgan fingerprint density at radius 2 is 1.90 bits per heavy atom. The number of anilines is 1. The van der Waals surface area contributed by atoms with Gasteiger partial charge in [0.05, 0.1) is 19.3 Å². The molecule has 1 N–H and O–H groups in total. The zero-order chi connectivity index (χ0) is 15.2. The standard InChI is InChI=1S/C16H25N3O2/c1-4-18-7-9-19(10-8-18)12-16(20)17-14-11-13(2)5-6-15(14)21-3/h5-6,11H,4,7-10,12H2,1-3H3,(H,17,20). The lowest BCUT2D eigenvalue weighted by molar-refractivity contribution is -0.117. The Balaban J connectivity index is 1.89. The SMILES string of the molecule is CCN1CCN(CC(=O)Nc2cc(C)ccc2OC)CC1. The Bertz CT molecular complexity index is 482. The minimum Gasteiger partial charge on any atom is -0.495 e. The molecule has 0 atom stereocenters. The molecule has 1 aliphatic rings. The molecule has 116 valence electrons. The van der Waals surface area contributed by atoms with E-state index in [-0.39, 0.29) is 5.91 Å². The monoisotopic (exact) mass is 291 g/mol. The normalized spacial score (nSPS) is 16.7. The number of amides is 1. The number of likely N-dealkylation sites (N-methyl/N-ethyl adjacent to an activating group) is 1. The predicted molar refractivity (Wildman–Crippen MR) is 84.9 cm³/mol. The van der Waals surface area contributed by atoms with E-state index in [1.165, 1.54) is 0 Å². The molecule has 0 saturated carbocycles. The van der Waals surface area contributed by atoms with Crippen molar-refractivity contribution in [2.45, 2.75) is 13.8 Å². The van der Waals surface area contributed by atoms with Gasteiger partial charge >= 0.3 is 0 Å². The molecule has 0 aliphatic carbocycles. The van der Waals surface area contributed by atoms with Crippen LogP contribution < -0.4 is 10.1 Å². The van der Waals surface area contributed by atoms with Gasteiger partial charge in [-0.05, 0) is 31.2 Å². The Kier molecular flexibility index (Phi) is 5.59. The van der Waals surface area contributed by atoms with Crippen LogP contribution in [0.4, 0.5) is 5.69 Å². The fourth-order valence-electron chi connectivity index (χ4n) is 2.58. The van der Waals surface area contributed by atoms with E-state index in [0.717, 1.165) is 44.0 Å². The summed E-state index contributed by atoms with van der Waals surface area (Å²) in [6.07, 6.45) is 0. The summed E-state index contributed by atoms with van der Waals surface area (Å²) >= 11 is 0. The Morgan fingerprint density at radius 1 is 1.24 bits per heavy atom. The molecule has 0 spiro atoms. The average Bonchev–Trinajstić information content (AvgIpc) is 2.48. The van der Waals surface area contributed by atoms with Gasteiger partial charge in [0, 0.05) is 26.2 Å². The topological polar surface area (TPSA) is 44.8 Å². The van der Waals surface area contributed by atoms with Crippen LogP contribution in [0, 0.1) is 6.92 Å². The molecule has 21 heavy (non-hydrogen) atoms. The van der Waals surface area contributed by atoms with Crippen LogP contribution >= 0.6 is 0 Å². The number of benzene rings is 1. The minimum atomic E-state index is 0.0175. The Labute approximate surface area is 126 Å². The average molecular weight is 291 g/mol. The number of methoxy groups -OCH3 is 1. The zero-order valence-corrected chi connectivity index (χ0v) is 13.2. The number of nitrogens with one attached hydrogen (secondary N) is 1. The van der Waals surface area contributed by atoms with Gasteiger partial charge in [-0.1, -0.05) is 13.0 Å². The van der Waals surface area contributed by atoms with Crippen LogP contribution in [-0.2, 0) is 4.79 Å². The van der Waals surface area contributed by atoms with E-state index in [2.05, 4.69) is 22.0 Å². The molecule has 0 radical (unpaired) electrons. The van der Waals surface area contributed by atoms with Gasteiger partial charge in [0.1, 0.15) is 5.75 Å². The summed E-state index contributed by atoms with van der Waals surface area (Å²) in [5.74, 6) is 0.716. The van der Waals surface area contributed by atoms with Crippen molar-refractivity contribution in [1.29, 1.82) is 0 Å². The second-order valence-electron chi connectivity index (χ2n) is 5.46. The third kappa shape index (κ3) is 4.44. The highest BCUT2D eigenvalue weighted by Crippen LogP contribution is 2.25. The fourth-order valence-corrected chi connectivity index (χ4v) is 2.58. The quantitative estimate of drug-likeness (QED) is 0.894. The molecule has 1 heterocycles. The van der Waals surface area contributed by atoms with Crippen LogP contribution in [0.2, 0.25) is 0 Å². The number of rotatable bonds is 5. The van der Waals surface area contributed by atoms with Gasteiger partial charge in [0.2, 0.25) is 5.91 Å². The summed E-state index contributed by atoms with van der Waals surface area (Å²) in [6, 6.07) is 5.79. The highest BCUT2D eigenvalue weighted by Gasteiger charge is 2.18. The van der Waals surface area contributed by atoms with E-state index in [0.29, 0.717) is 12.3 Å². The molecule has 1 fully saturated rings. The smallest absolute Gasteiger partial charge is 0.238 e. The van der Waals surface area contributed by atoms with Crippen LogP contribution in [0.1, 0.15) is 12.5 Å². The first-order chi connectivity index (χ1) is 10.1.